The Labute approximate surface area is 347 Å². The van der Waals surface area contributed by atoms with E-state index in [0.717, 1.165) is 83.7 Å². The molecule has 0 atom stereocenters. The summed E-state index contributed by atoms with van der Waals surface area (Å²) in [5.41, 5.74) is 15.2. The van der Waals surface area contributed by atoms with E-state index in [2.05, 4.69) is 115 Å². The second-order valence-corrected chi connectivity index (χ2v) is 13.7. The van der Waals surface area contributed by atoms with E-state index < -0.39 is 0 Å². The van der Waals surface area contributed by atoms with Crippen molar-refractivity contribution in [2.75, 3.05) is 0 Å². The van der Waals surface area contributed by atoms with Gasteiger partial charge in [-0.15, -0.1) is 71.8 Å². The minimum absolute atomic E-state index is 0. The molecule has 0 aliphatic rings. The van der Waals surface area contributed by atoms with Crippen molar-refractivity contribution in [3.8, 4) is 78.1 Å². The molecule has 1 radical (unpaired) electrons. The van der Waals surface area contributed by atoms with E-state index in [0.29, 0.717) is 12.8 Å². The van der Waals surface area contributed by atoms with Gasteiger partial charge >= 0.3 is 0 Å². The molecule has 0 aliphatic carbocycles. The van der Waals surface area contributed by atoms with Crippen molar-refractivity contribution in [2.45, 2.75) is 19.8 Å². The number of hydrogen-bond acceptors (Lipinski definition) is 4. The number of carbonyl (C=O) groups is 1. The minimum atomic E-state index is -0.105. The van der Waals surface area contributed by atoms with Crippen LogP contribution in [0.2, 0.25) is 0 Å². The van der Waals surface area contributed by atoms with Gasteiger partial charge in [0, 0.05) is 45.0 Å². The summed E-state index contributed by atoms with van der Waals surface area (Å²) in [5, 5.41) is 9.70. The van der Waals surface area contributed by atoms with Gasteiger partial charge < -0.3 is 15.1 Å². The molecule has 8 aromatic rings. The Balaban J connectivity index is 0.00000496. The number of nitrogens with zero attached hydrogens (tertiary/aromatic N) is 2. The standard InChI is InChI=1S/C52H38N2O2.Ir/c1-36(55)30-45(56)27-24-37-14-8-9-19-46(37)42-31-43(49-22-12-10-20-47(49)40-25-28-51(53-34-40)38-15-4-2-5-16-38)33-44(32-42)50-23-13-11-21-48(50)41-26-29-52(54-35-41)39-17-6-3-7-18-39;/h2-15,17,19-23,25-26,28-35,55H,24,27H2,1H3;/q-2;/b36-30-;. The second-order valence-electron chi connectivity index (χ2n) is 13.7. The predicted octanol–water partition coefficient (Wildman–Crippen LogP) is 12.7. The van der Waals surface area contributed by atoms with Crippen LogP contribution < -0.4 is 0 Å². The number of benzene rings is 6. The summed E-state index contributed by atoms with van der Waals surface area (Å²) in [7, 11) is 0. The Bertz CT molecular complexity index is 2510. The molecule has 1 N–H and O–H groups in total. The molecule has 279 valence electrons. The van der Waals surface area contributed by atoms with Crippen LogP contribution in [-0.2, 0) is 31.3 Å². The van der Waals surface area contributed by atoms with Gasteiger partial charge in [0.05, 0.1) is 5.76 Å². The van der Waals surface area contributed by atoms with Crippen LogP contribution in [0.25, 0.3) is 78.1 Å². The molecule has 0 saturated heterocycles. The molecule has 5 heteroatoms. The smallest absolute Gasteiger partial charge is 0.159 e. The third-order valence-electron chi connectivity index (χ3n) is 9.87. The first-order chi connectivity index (χ1) is 27.5. The molecule has 4 nitrogen and oxygen atoms in total. The van der Waals surface area contributed by atoms with Crippen molar-refractivity contribution in [1.29, 1.82) is 0 Å². The summed E-state index contributed by atoms with van der Waals surface area (Å²) >= 11 is 0. The fourth-order valence-corrected chi connectivity index (χ4v) is 7.18. The van der Waals surface area contributed by atoms with Crippen LogP contribution in [-0.4, -0.2) is 20.9 Å². The Kier molecular flexibility index (Phi) is 12.2. The Morgan fingerprint density at radius 1 is 0.544 bits per heavy atom. The fraction of sp³-hybridized carbons (Fsp3) is 0.0577. The topological polar surface area (TPSA) is 63.1 Å². The largest absolute Gasteiger partial charge is 0.512 e. The van der Waals surface area contributed by atoms with Crippen molar-refractivity contribution < 1.29 is 30.0 Å². The summed E-state index contributed by atoms with van der Waals surface area (Å²) in [6.45, 7) is 1.52. The van der Waals surface area contributed by atoms with Crippen molar-refractivity contribution in [2.24, 2.45) is 0 Å². The zero-order chi connectivity index (χ0) is 38.3. The van der Waals surface area contributed by atoms with E-state index in [1.165, 1.54) is 13.0 Å². The van der Waals surface area contributed by atoms with Crippen molar-refractivity contribution in [3.63, 3.8) is 0 Å². The molecule has 57 heavy (non-hydrogen) atoms. The van der Waals surface area contributed by atoms with Crippen molar-refractivity contribution in [1.82, 2.24) is 9.97 Å². The molecule has 0 spiro atoms. The number of hydrogen-bond donors (Lipinski definition) is 1. The SMILES string of the molecule is C/C(O)=C/C(=O)CCc1ccccc1-c1cc(-c2ccccc2-c2ccc(-c3[c-]cccc3)nc2)cc(-c2ccccc2-c2ccc(-c3[c-]cccc3)nc2)c1.[Ir]. The molecule has 0 amide bonds. The van der Waals surface area contributed by atoms with E-state index in [9.17, 15) is 9.90 Å². The van der Waals surface area contributed by atoms with E-state index in [1.807, 2.05) is 73.1 Å². The number of allylic oxidation sites excluding steroid dienone is 2. The number of rotatable bonds is 11. The Hall–Kier alpha value is -6.52. The van der Waals surface area contributed by atoms with Crippen LogP contribution in [0.3, 0.4) is 0 Å². The number of pyridine rings is 2. The van der Waals surface area contributed by atoms with Gasteiger partial charge in [0.15, 0.2) is 5.78 Å². The van der Waals surface area contributed by atoms with E-state index in [4.69, 9.17) is 9.97 Å². The van der Waals surface area contributed by atoms with Gasteiger partial charge in [-0.1, -0.05) is 97.1 Å². The quantitative estimate of drug-likeness (QED) is 0.0798. The van der Waals surface area contributed by atoms with Gasteiger partial charge in [-0.2, -0.15) is 0 Å². The third kappa shape index (κ3) is 8.98. The van der Waals surface area contributed by atoms with Gasteiger partial charge in [0.1, 0.15) is 0 Å². The van der Waals surface area contributed by atoms with Crippen LogP contribution in [0.5, 0.6) is 0 Å². The monoisotopic (exact) mass is 915 g/mol. The average molecular weight is 915 g/mol. The number of aliphatic hydroxyl groups is 1. The van der Waals surface area contributed by atoms with Crippen LogP contribution >= 0.6 is 0 Å². The predicted molar refractivity (Wildman–Crippen MR) is 227 cm³/mol. The van der Waals surface area contributed by atoms with Crippen molar-refractivity contribution in [3.05, 3.63) is 206 Å². The summed E-state index contributed by atoms with van der Waals surface area (Å²) in [6.07, 6.45) is 6.01. The molecule has 2 heterocycles. The molecule has 6 aromatic carbocycles. The van der Waals surface area contributed by atoms with Gasteiger partial charge in [-0.25, -0.2) is 0 Å². The van der Waals surface area contributed by atoms with Crippen molar-refractivity contribution >= 4 is 5.78 Å². The summed E-state index contributed by atoms with van der Waals surface area (Å²) in [5.74, 6) is -0.0869. The second kappa shape index (κ2) is 18.0. The number of aryl methyl sites for hydroxylation is 1. The molecular weight excluding hydrogens is 877 g/mol. The summed E-state index contributed by atoms with van der Waals surface area (Å²) in [6, 6.07) is 62.6. The normalized spacial score (nSPS) is 11.1. The van der Waals surface area contributed by atoms with Crippen LogP contribution in [0.15, 0.2) is 188 Å². The van der Waals surface area contributed by atoms with E-state index in [-0.39, 0.29) is 31.6 Å². The summed E-state index contributed by atoms with van der Waals surface area (Å²) < 4.78 is 0. The first-order valence-corrected chi connectivity index (χ1v) is 18.7. The van der Waals surface area contributed by atoms with Crippen LogP contribution in [0.4, 0.5) is 0 Å². The Morgan fingerprint density at radius 3 is 1.39 bits per heavy atom. The minimum Gasteiger partial charge on any atom is -0.512 e. The molecule has 0 fully saturated rings. The van der Waals surface area contributed by atoms with E-state index in [1.54, 1.807) is 0 Å². The third-order valence-corrected chi connectivity index (χ3v) is 9.87. The molecule has 2 aromatic heterocycles. The van der Waals surface area contributed by atoms with Gasteiger partial charge in [-0.3, -0.25) is 4.79 Å². The average Bonchev–Trinajstić information content (AvgIpc) is 3.26. The molecule has 8 rings (SSSR count). The maximum Gasteiger partial charge on any atom is 0.159 e. The number of aromatic nitrogens is 2. The number of ketones is 1. The first kappa shape index (κ1) is 38.7. The number of carbonyl (C=O) groups excluding carboxylic acids is 1. The summed E-state index contributed by atoms with van der Waals surface area (Å²) in [4.78, 5) is 22.3. The van der Waals surface area contributed by atoms with Crippen LogP contribution in [0, 0.1) is 12.1 Å². The Morgan fingerprint density at radius 2 is 0.965 bits per heavy atom. The van der Waals surface area contributed by atoms with E-state index >= 15 is 0 Å². The molecule has 0 unspecified atom stereocenters. The first-order valence-electron chi connectivity index (χ1n) is 18.7. The molecular formula is C52H38IrN2O2-2. The zero-order valence-electron chi connectivity index (χ0n) is 31.3. The van der Waals surface area contributed by atoms with Gasteiger partial charge in [0.25, 0.3) is 0 Å². The molecule has 0 saturated carbocycles. The molecule has 0 bridgehead atoms. The van der Waals surface area contributed by atoms with Gasteiger partial charge in [-0.05, 0) is 104 Å². The zero-order valence-corrected chi connectivity index (χ0v) is 33.7. The van der Waals surface area contributed by atoms with Crippen LogP contribution in [0.1, 0.15) is 18.9 Å². The fourth-order valence-electron chi connectivity index (χ4n) is 7.18. The maximum absolute atomic E-state index is 12.7. The van der Waals surface area contributed by atoms with Gasteiger partial charge in [0.2, 0.25) is 0 Å². The maximum atomic E-state index is 12.7. The molecule has 0 aliphatic heterocycles. The number of aliphatic hydroxyl groups excluding tert-OH is 1.